The van der Waals surface area contributed by atoms with E-state index >= 15 is 0 Å². The molecule has 0 amide bonds. The molecule has 0 radical (unpaired) electrons. The predicted molar refractivity (Wildman–Crippen MR) is 56.2 cm³/mol. The molecule has 3 fully saturated rings. The second kappa shape index (κ2) is 3.21. The van der Waals surface area contributed by atoms with Crippen LogP contribution in [0.25, 0.3) is 0 Å². The fraction of sp³-hybridized carbons (Fsp3) is 1.00. The Labute approximate surface area is 86.4 Å². The Kier molecular flexibility index (Phi) is 2.10. The van der Waals surface area contributed by atoms with Crippen LogP contribution in [0.3, 0.4) is 0 Å². The summed E-state index contributed by atoms with van der Waals surface area (Å²) in [5.74, 6) is 1.79. The van der Waals surface area contributed by atoms with Gasteiger partial charge in [-0.05, 0) is 49.5 Å². The summed E-state index contributed by atoms with van der Waals surface area (Å²) in [6.45, 7) is 5.75. The summed E-state index contributed by atoms with van der Waals surface area (Å²) in [4.78, 5) is 0. The molecule has 3 unspecified atom stereocenters. The van der Waals surface area contributed by atoms with Crippen molar-refractivity contribution in [1.82, 2.24) is 5.32 Å². The fourth-order valence-corrected chi connectivity index (χ4v) is 2.93. The van der Waals surface area contributed by atoms with Crippen molar-refractivity contribution < 1.29 is 4.74 Å². The zero-order valence-corrected chi connectivity index (χ0v) is 9.09. The first-order valence-electron chi connectivity index (χ1n) is 6.10. The summed E-state index contributed by atoms with van der Waals surface area (Å²) in [6, 6.07) is 0.875. The van der Waals surface area contributed by atoms with Crippen LogP contribution < -0.4 is 5.32 Å². The van der Waals surface area contributed by atoms with Gasteiger partial charge in [0, 0.05) is 19.3 Å². The maximum Gasteiger partial charge on any atom is 0.0500 e. The molecule has 3 aliphatic rings. The maximum atomic E-state index is 5.49. The van der Waals surface area contributed by atoms with Crippen molar-refractivity contribution >= 4 is 0 Å². The SMILES string of the molecule is CC1(C2CCOC2)CC1CNC1CC1. The lowest BCUT2D eigenvalue weighted by molar-refractivity contribution is 0.166. The second-order valence-corrected chi connectivity index (χ2v) is 5.65. The number of nitrogens with one attached hydrogen (secondary N) is 1. The van der Waals surface area contributed by atoms with Crippen molar-refractivity contribution in [1.29, 1.82) is 0 Å². The summed E-state index contributed by atoms with van der Waals surface area (Å²) < 4.78 is 5.49. The lowest BCUT2D eigenvalue weighted by Gasteiger charge is -2.18. The van der Waals surface area contributed by atoms with Gasteiger partial charge in [-0.2, -0.15) is 0 Å². The van der Waals surface area contributed by atoms with Gasteiger partial charge in [-0.15, -0.1) is 0 Å². The van der Waals surface area contributed by atoms with E-state index in [2.05, 4.69) is 12.2 Å². The number of rotatable bonds is 4. The van der Waals surface area contributed by atoms with E-state index in [0.29, 0.717) is 5.41 Å². The van der Waals surface area contributed by atoms with E-state index < -0.39 is 0 Å². The van der Waals surface area contributed by atoms with E-state index in [-0.39, 0.29) is 0 Å². The molecule has 0 bridgehead atoms. The standard InChI is InChI=1S/C12H21NO/c1-12(9-4-5-14-8-9)6-10(12)7-13-11-2-3-11/h9-11,13H,2-8H2,1H3. The predicted octanol–water partition coefficient (Wildman–Crippen LogP) is 1.80. The first-order chi connectivity index (χ1) is 6.79. The van der Waals surface area contributed by atoms with Crippen LogP contribution in [0.5, 0.6) is 0 Å². The van der Waals surface area contributed by atoms with Crippen molar-refractivity contribution in [3.63, 3.8) is 0 Å². The van der Waals surface area contributed by atoms with Gasteiger partial charge in [-0.3, -0.25) is 0 Å². The highest BCUT2D eigenvalue weighted by Gasteiger charge is 2.55. The van der Waals surface area contributed by atoms with E-state index in [0.717, 1.165) is 31.1 Å². The monoisotopic (exact) mass is 195 g/mol. The first-order valence-corrected chi connectivity index (χ1v) is 6.10. The third-order valence-electron chi connectivity index (χ3n) is 4.55. The molecular weight excluding hydrogens is 174 g/mol. The lowest BCUT2D eigenvalue weighted by atomic mass is 9.88. The van der Waals surface area contributed by atoms with E-state index in [1.807, 2.05) is 0 Å². The molecule has 14 heavy (non-hydrogen) atoms. The zero-order valence-electron chi connectivity index (χ0n) is 9.09. The number of ether oxygens (including phenoxy) is 1. The highest BCUT2D eigenvalue weighted by atomic mass is 16.5. The van der Waals surface area contributed by atoms with Crippen LogP contribution in [0, 0.1) is 17.3 Å². The third-order valence-corrected chi connectivity index (χ3v) is 4.55. The molecule has 1 saturated heterocycles. The van der Waals surface area contributed by atoms with Crippen molar-refractivity contribution in [2.24, 2.45) is 17.3 Å². The Morgan fingerprint density at radius 3 is 2.86 bits per heavy atom. The van der Waals surface area contributed by atoms with Crippen molar-refractivity contribution in [3.05, 3.63) is 0 Å². The van der Waals surface area contributed by atoms with Crippen LogP contribution in [0.15, 0.2) is 0 Å². The van der Waals surface area contributed by atoms with Gasteiger partial charge < -0.3 is 10.1 Å². The van der Waals surface area contributed by atoms with E-state index in [1.165, 1.54) is 32.2 Å². The van der Waals surface area contributed by atoms with E-state index in [4.69, 9.17) is 4.74 Å². The summed E-state index contributed by atoms with van der Waals surface area (Å²) in [6.07, 6.45) is 5.56. The van der Waals surface area contributed by atoms with Gasteiger partial charge in [0.2, 0.25) is 0 Å². The second-order valence-electron chi connectivity index (χ2n) is 5.65. The largest absolute Gasteiger partial charge is 0.381 e. The smallest absolute Gasteiger partial charge is 0.0500 e. The summed E-state index contributed by atoms with van der Waals surface area (Å²) in [7, 11) is 0. The number of hydrogen-bond acceptors (Lipinski definition) is 2. The minimum atomic E-state index is 0.623. The van der Waals surface area contributed by atoms with Crippen LogP contribution in [0.4, 0.5) is 0 Å². The van der Waals surface area contributed by atoms with Crippen LogP contribution in [0.1, 0.15) is 32.6 Å². The van der Waals surface area contributed by atoms with Gasteiger partial charge in [0.05, 0.1) is 0 Å². The van der Waals surface area contributed by atoms with Gasteiger partial charge in [-0.1, -0.05) is 6.92 Å². The maximum absolute atomic E-state index is 5.49. The third kappa shape index (κ3) is 1.59. The molecule has 0 spiro atoms. The molecule has 3 rings (SSSR count). The summed E-state index contributed by atoms with van der Waals surface area (Å²) in [5, 5.41) is 3.66. The molecule has 3 atom stereocenters. The van der Waals surface area contributed by atoms with Crippen molar-refractivity contribution in [3.8, 4) is 0 Å². The Hall–Kier alpha value is -0.0800. The van der Waals surface area contributed by atoms with Gasteiger partial charge in [0.15, 0.2) is 0 Å². The Morgan fingerprint density at radius 1 is 1.36 bits per heavy atom. The van der Waals surface area contributed by atoms with Gasteiger partial charge in [-0.25, -0.2) is 0 Å². The van der Waals surface area contributed by atoms with Gasteiger partial charge in [0.25, 0.3) is 0 Å². The quantitative estimate of drug-likeness (QED) is 0.738. The Bertz CT molecular complexity index is 220. The van der Waals surface area contributed by atoms with Crippen LogP contribution in [-0.4, -0.2) is 25.8 Å². The van der Waals surface area contributed by atoms with Crippen LogP contribution >= 0.6 is 0 Å². The molecule has 2 aliphatic carbocycles. The molecule has 0 aromatic carbocycles. The molecule has 1 N–H and O–H groups in total. The molecular formula is C12H21NO. The first kappa shape index (κ1) is 9.17. The van der Waals surface area contributed by atoms with Crippen LogP contribution in [-0.2, 0) is 4.74 Å². The molecule has 1 heterocycles. The highest BCUT2D eigenvalue weighted by Crippen LogP contribution is 2.59. The normalized spacial score (nSPS) is 46.9. The van der Waals surface area contributed by atoms with E-state index in [1.54, 1.807) is 0 Å². The molecule has 80 valence electrons. The van der Waals surface area contributed by atoms with E-state index in [9.17, 15) is 0 Å². The highest BCUT2D eigenvalue weighted by molar-refractivity contribution is 5.05. The topological polar surface area (TPSA) is 21.3 Å². The average Bonchev–Trinajstić information content (AvgIpc) is 3.04. The summed E-state index contributed by atoms with van der Waals surface area (Å²) >= 11 is 0. The van der Waals surface area contributed by atoms with Crippen molar-refractivity contribution in [2.45, 2.75) is 38.6 Å². The zero-order chi connectivity index (χ0) is 9.60. The molecule has 0 aromatic rings. The minimum Gasteiger partial charge on any atom is -0.381 e. The molecule has 0 aromatic heterocycles. The molecule has 2 saturated carbocycles. The fourth-order valence-electron chi connectivity index (χ4n) is 2.93. The van der Waals surface area contributed by atoms with Crippen molar-refractivity contribution in [2.75, 3.05) is 19.8 Å². The number of hydrogen-bond donors (Lipinski definition) is 1. The van der Waals surface area contributed by atoms with Crippen LogP contribution in [0.2, 0.25) is 0 Å². The Balaban J connectivity index is 1.48. The molecule has 2 heteroatoms. The lowest BCUT2D eigenvalue weighted by Crippen LogP contribution is -2.24. The molecule has 1 aliphatic heterocycles. The summed E-state index contributed by atoms with van der Waals surface area (Å²) in [5.41, 5.74) is 0.623. The average molecular weight is 195 g/mol. The Morgan fingerprint density at radius 2 is 2.21 bits per heavy atom. The van der Waals surface area contributed by atoms with Gasteiger partial charge in [0.1, 0.15) is 0 Å². The van der Waals surface area contributed by atoms with Gasteiger partial charge >= 0.3 is 0 Å². The minimum absolute atomic E-state index is 0.623. The molecule has 2 nitrogen and oxygen atoms in total.